The van der Waals surface area contributed by atoms with Gasteiger partial charge in [0.15, 0.2) is 0 Å². The predicted octanol–water partition coefficient (Wildman–Crippen LogP) is 4.15. The molecular formula is C23H18N4O3S. The van der Waals surface area contributed by atoms with E-state index in [1.807, 2.05) is 43.3 Å². The van der Waals surface area contributed by atoms with Crippen LogP contribution in [0.1, 0.15) is 11.1 Å². The number of carbonyl (C=O) groups is 3. The molecule has 3 amide bonds. The zero-order chi connectivity index (χ0) is 22.0. The van der Waals surface area contributed by atoms with Gasteiger partial charge in [-0.15, -0.1) is 0 Å². The topological polar surface area (TPSA) is 95.2 Å². The number of aryl methyl sites for hydroxylation is 1. The molecule has 2 heterocycles. The maximum absolute atomic E-state index is 12.8. The summed E-state index contributed by atoms with van der Waals surface area (Å²) in [6.45, 7) is 1.68. The average molecular weight is 430 g/mol. The molecule has 0 aliphatic carbocycles. The van der Waals surface area contributed by atoms with Crippen LogP contribution in [0.15, 0.2) is 59.6 Å². The third-order valence-corrected chi connectivity index (χ3v) is 5.85. The lowest BCUT2D eigenvalue weighted by Gasteiger charge is -2.13. The van der Waals surface area contributed by atoms with Crippen LogP contribution in [0.3, 0.4) is 0 Å². The van der Waals surface area contributed by atoms with Crippen molar-refractivity contribution in [3.63, 3.8) is 0 Å². The van der Waals surface area contributed by atoms with Gasteiger partial charge in [0.25, 0.3) is 11.1 Å². The number of anilines is 1. The molecule has 1 aliphatic rings. The van der Waals surface area contributed by atoms with Crippen LogP contribution in [-0.4, -0.2) is 33.1 Å². The quantitative estimate of drug-likeness (QED) is 0.614. The molecule has 1 aliphatic heterocycles. The molecule has 0 spiro atoms. The van der Waals surface area contributed by atoms with Crippen LogP contribution < -0.4 is 5.32 Å². The van der Waals surface area contributed by atoms with Crippen LogP contribution in [0.25, 0.3) is 17.0 Å². The van der Waals surface area contributed by atoms with Crippen molar-refractivity contribution in [1.82, 2.24) is 9.47 Å². The number of nitriles is 1. The number of imide groups is 1. The third kappa shape index (κ3) is 4.09. The molecule has 31 heavy (non-hydrogen) atoms. The molecule has 2 aromatic carbocycles. The second-order valence-electron chi connectivity index (χ2n) is 7.02. The second kappa shape index (κ2) is 8.50. The number of thioether (sulfide) groups is 1. The van der Waals surface area contributed by atoms with Crippen LogP contribution in [0.5, 0.6) is 0 Å². The number of hydrogen-bond donors (Lipinski definition) is 1. The molecule has 0 saturated carbocycles. The van der Waals surface area contributed by atoms with Crippen molar-refractivity contribution in [3.8, 4) is 6.07 Å². The van der Waals surface area contributed by atoms with Crippen molar-refractivity contribution in [1.29, 1.82) is 5.26 Å². The fraction of sp³-hybridized carbons (Fsp3) is 0.130. The van der Waals surface area contributed by atoms with E-state index in [1.165, 1.54) is 0 Å². The molecule has 4 rings (SSSR count). The number of nitrogens with one attached hydrogen (secondary N) is 1. The van der Waals surface area contributed by atoms with Gasteiger partial charge in [0.1, 0.15) is 13.1 Å². The van der Waals surface area contributed by atoms with Crippen molar-refractivity contribution < 1.29 is 14.4 Å². The highest BCUT2D eigenvalue weighted by molar-refractivity contribution is 8.18. The number of aromatic nitrogens is 1. The summed E-state index contributed by atoms with van der Waals surface area (Å²) in [7, 11) is 0. The monoisotopic (exact) mass is 430 g/mol. The lowest BCUT2D eigenvalue weighted by molar-refractivity contribution is -0.127. The maximum Gasteiger partial charge on any atom is 0.294 e. The van der Waals surface area contributed by atoms with Gasteiger partial charge in [-0.1, -0.05) is 36.4 Å². The Labute approximate surface area is 182 Å². The molecule has 0 unspecified atom stereocenters. The molecule has 0 atom stereocenters. The van der Waals surface area contributed by atoms with Gasteiger partial charge < -0.3 is 9.88 Å². The van der Waals surface area contributed by atoms with Crippen molar-refractivity contribution in [2.45, 2.75) is 13.5 Å². The van der Waals surface area contributed by atoms with Crippen molar-refractivity contribution in [3.05, 3.63) is 70.8 Å². The van der Waals surface area contributed by atoms with Gasteiger partial charge in [-0.2, -0.15) is 5.26 Å². The highest BCUT2D eigenvalue weighted by Crippen LogP contribution is 2.34. The van der Waals surface area contributed by atoms with Crippen LogP contribution in [0.4, 0.5) is 10.5 Å². The zero-order valence-corrected chi connectivity index (χ0v) is 17.5. The fourth-order valence-corrected chi connectivity index (χ4v) is 4.25. The van der Waals surface area contributed by atoms with Crippen LogP contribution in [0.2, 0.25) is 0 Å². The number of carbonyl (C=O) groups excluding carboxylic acids is 3. The SMILES string of the molecule is Cc1ccccc1NC(=O)CN1C(=O)S/C(=C\c2cn(CC#N)c3ccccc23)C1=O. The number of rotatable bonds is 5. The minimum absolute atomic E-state index is 0.176. The molecular weight excluding hydrogens is 412 g/mol. The van der Waals surface area contributed by atoms with Gasteiger partial charge in [-0.3, -0.25) is 19.3 Å². The summed E-state index contributed by atoms with van der Waals surface area (Å²) >= 11 is 0.804. The summed E-state index contributed by atoms with van der Waals surface area (Å²) in [5, 5.41) is 12.2. The van der Waals surface area contributed by atoms with E-state index in [0.717, 1.165) is 38.7 Å². The van der Waals surface area contributed by atoms with Gasteiger partial charge in [0.2, 0.25) is 5.91 Å². The molecule has 8 heteroatoms. The van der Waals surface area contributed by atoms with E-state index < -0.39 is 17.1 Å². The Morgan fingerprint density at radius 1 is 1.16 bits per heavy atom. The van der Waals surface area contributed by atoms with Crippen LogP contribution in [-0.2, 0) is 16.1 Å². The van der Waals surface area contributed by atoms with Gasteiger partial charge in [-0.25, -0.2) is 0 Å². The number of benzene rings is 2. The number of para-hydroxylation sites is 2. The van der Waals surface area contributed by atoms with E-state index >= 15 is 0 Å². The Balaban J connectivity index is 1.55. The lowest BCUT2D eigenvalue weighted by Crippen LogP contribution is -2.36. The molecule has 1 N–H and O–H groups in total. The maximum atomic E-state index is 12.8. The Morgan fingerprint density at radius 2 is 1.90 bits per heavy atom. The fourth-order valence-electron chi connectivity index (χ4n) is 3.42. The van der Waals surface area contributed by atoms with Crippen molar-refractivity contribution in [2.24, 2.45) is 0 Å². The summed E-state index contributed by atoms with van der Waals surface area (Å²) < 4.78 is 1.79. The average Bonchev–Trinajstić information content (AvgIpc) is 3.22. The van der Waals surface area contributed by atoms with Gasteiger partial charge >= 0.3 is 0 Å². The van der Waals surface area contributed by atoms with Gasteiger partial charge in [-0.05, 0) is 42.5 Å². The number of fused-ring (bicyclic) bond motifs is 1. The molecule has 1 saturated heterocycles. The Bertz CT molecular complexity index is 1290. The van der Waals surface area contributed by atoms with Crippen LogP contribution >= 0.6 is 11.8 Å². The summed E-state index contributed by atoms with van der Waals surface area (Å²) in [5.41, 5.74) is 3.13. The smallest absolute Gasteiger partial charge is 0.294 e. The summed E-state index contributed by atoms with van der Waals surface area (Å²) in [5.74, 6) is -0.949. The Morgan fingerprint density at radius 3 is 2.68 bits per heavy atom. The zero-order valence-electron chi connectivity index (χ0n) is 16.7. The predicted molar refractivity (Wildman–Crippen MR) is 120 cm³/mol. The third-order valence-electron chi connectivity index (χ3n) is 4.94. The first-order valence-electron chi connectivity index (χ1n) is 9.53. The minimum Gasteiger partial charge on any atom is -0.333 e. The molecule has 1 aromatic heterocycles. The largest absolute Gasteiger partial charge is 0.333 e. The molecule has 3 aromatic rings. The van der Waals surface area contributed by atoms with Crippen molar-refractivity contribution in [2.75, 3.05) is 11.9 Å². The van der Waals surface area contributed by atoms with Crippen LogP contribution in [0, 0.1) is 18.3 Å². The Kier molecular flexibility index (Phi) is 5.60. The first-order valence-corrected chi connectivity index (χ1v) is 10.4. The highest BCUT2D eigenvalue weighted by atomic mass is 32.2. The normalized spacial score (nSPS) is 15.0. The van der Waals surface area contributed by atoms with E-state index in [9.17, 15) is 14.4 Å². The molecule has 0 bridgehead atoms. The lowest BCUT2D eigenvalue weighted by atomic mass is 10.1. The summed E-state index contributed by atoms with van der Waals surface area (Å²) in [4.78, 5) is 38.8. The van der Waals surface area contributed by atoms with Gasteiger partial charge in [0, 0.05) is 28.4 Å². The number of hydrogen-bond acceptors (Lipinski definition) is 5. The van der Waals surface area contributed by atoms with Gasteiger partial charge in [0.05, 0.1) is 11.0 Å². The van der Waals surface area contributed by atoms with E-state index in [2.05, 4.69) is 11.4 Å². The second-order valence-corrected chi connectivity index (χ2v) is 8.01. The first kappa shape index (κ1) is 20.4. The highest BCUT2D eigenvalue weighted by Gasteiger charge is 2.36. The van der Waals surface area contributed by atoms with E-state index in [0.29, 0.717) is 5.69 Å². The van der Waals surface area contributed by atoms with E-state index in [4.69, 9.17) is 5.26 Å². The molecule has 154 valence electrons. The molecule has 7 nitrogen and oxygen atoms in total. The summed E-state index contributed by atoms with van der Waals surface area (Å²) in [6, 6.07) is 16.9. The Hall–Kier alpha value is -3.83. The van der Waals surface area contributed by atoms with E-state index in [-0.39, 0.29) is 18.0 Å². The first-order chi connectivity index (χ1) is 15.0. The van der Waals surface area contributed by atoms with E-state index in [1.54, 1.807) is 29.0 Å². The number of amides is 3. The van der Waals surface area contributed by atoms with Crippen molar-refractivity contribution >= 4 is 51.5 Å². The summed E-state index contributed by atoms with van der Waals surface area (Å²) in [6.07, 6.45) is 3.42. The standard InChI is InChI=1S/C23H18N4O3S/c1-15-6-2-4-8-18(15)25-21(28)14-27-22(29)20(31-23(27)30)12-16-13-26(11-10-24)19-9-5-3-7-17(16)19/h2-9,12-13H,11,14H2,1H3,(H,25,28)/b20-12-. The molecule has 0 radical (unpaired) electrons. The minimum atomic E-state index is -0.507. The molecule has 1 fully saturated rings. The number of nitrogens with zero attached hydrogens (tertiary/aromatic N) is 3.